The first-order valence-corrected chi connectivity index (χ1v) is 29.1. The fourth-order valence-corrected chi connectivity index (χ4v) is 11.5. The van der Waals surface area contributed by atoms with Crippen LogP contribution in [0.25, 0.3) is 11.1 Å². The van der Waals surface area contributed by atoms with E-state index >= 15 is 0 Å². The van der Waals surface area contributed by atoms with Crippen molar-refractivity contribution in [1.82, 2.24) is 25.3 Å². The Bertz CT molecular complexity index is 3530. The lowest BCUT2D eigenvalue weighted by atomic mass is 9.76. The fourth-order valence-electron chi connectivity index (χ4n) is 11.5. The molecule has 5 aliphatic heterocycles. The average Bonchev–Trinajstić information content (AvgIpc) is 1.79. The largest absolute Gasteiger partial charge is 0.493 e. The molecule has 4 aromatic carbocycles. The SMILES string of the molecule is COc1cc2c(cc1OCC(C)(C)CC(C)(C)COc1cc3c(cc1OC)C(=O)N1C=C(c4ccc(C(=O)O)cc4)C[C@H]1C=N3)N=C[C@@H]1CC(c3ccc(NC(=O)[C@H](C)NC(=O)C(NC(=O)CCCCCN4C(=O)C=CC4=O)C(C)C)cc3)=CN1C2=O. The van der Waals surface area contributed by atoms with E-state index in [9.17, 15) is 43.5 Å². The third-order valence-electron chi connectivity index (χ3n) is 15.9. The van der Waals surface area contributed by atoms with Crippen molar-refractivity contribution in [3.63, 3.8) is 0 Å². The number of benzene rings is 4. The number of amides is 7. The third kappa shape index (κ3) is 14.5. The zero-order chi connectivity index (χ0) is 62.5. The molecule has 21 heteroatoms. The summed E-state index contributed by atoms with van der Waals surface area (Å²) in [6.07, 6.45) is 13.1. The van der Waals surface area contributed by atoms with Gasteiger partial charge in [-0.15, -0.1) is 0 Å². The predicted molar refractivity (Wildman–Crippen MR) is 328 cm³/mol. The molecular weight excluding hydrogens is 1110 g/mol. The van der Waals surface area contributed by atoms with Gasteiger partial charge in [-0.05, 0) is 102 Å². The molecule has 0 saturated heterocycles. The van der Waals surface area contributed by atoms with Gasteiger partial charge in [0.15, 0.2) is 23.0 Å². The number of carboxylic acids is 1. The molecule has 4 aromatic rings. The summed E-state index contributed by atoms with van der Waals surface area (Å²) in [6, 6.07) is 18.1. The molecule has 21 nitrogen and oxygen atoms in total. The van der Waals surface area contributed by atoms with Crippen molar-refractivity contribution in [3.8, 4) is 23.0 Å². The lowest BCUT2D eigenvalue weighted by Gasteiger charge is -2.35. The Morgan fingerprint density at radius 3 is 1.61 bits per heavy atom. The van der Waals surface area contributed by atoms with E-state index in [2.05, 4.69) is 43.6 Å². The predicted octanol–water partition coefficient (Wildman–Crippen LogP) is 9.31. The molecular formula is C66H74N8O13. The maximum Gasteiger partial charge on any atom is 0.335 e. The van der Waals surface area contributed by atoms with E-state index < -0.39 is 29.9 Å². The van der Waals surface area contributed by atoms with Crippen molar-refractivity contribution in [1.29, 1.82) is 0 Å². The first-order chi connectivity index (χ1) is 41.4. The number of nitrogens with one attached hydrogen (secondary N) is 3. The number of rotatable bonds is 25. The van der Waals surface area contributed by atoms with E-state index in [4.69, 9.17) is 28.9 Å². The van der Waals surface area contributed by atoms with Crippen molar-refractivity contribution in [2.24, 2.45) is 26.7 Å². The van der Waals surface area contributed by atoms with Crippen molar-refractivity contribution < 1.29 is 62.4 Å². The number of fused-ring (bicyclic) bond motifs is 4. The summed E-state index contributed by atoms with van der Waals surface area (Å²) in [5, 5.41) is 17.7. The highest BCUT2D eigenvalue weighted by Gasteiger charge is 2.37. The fraction of sp³-hybridized carbons (Fsp3) is 0.394. The van der Waals surface area contributed by atoms with E-state index in [1.54, 1.807) is 110 Å². The van der Waals surface area contributed by atoms with Crippen molar-refractivity contribution in [2.45, 2.75) is 118 Å². The van der Waals surface area contributed by atoms with Gasteiger partial charge in [0.05, 0.1) is 67.6 Å². The number of nitrogens with zero attached hydrogens (tertiary/aromatic N) is 5. The van der Waals surface area contributed by atoms with Gasteiger partial charge in [0.1, 0.15) is 12.1 Å². The lowest BCUT2D eigenvalue weighted by Crippen LogP contribution is -2.53. The number of hydrogen-bond donors (Lipinski definition) is 4. The molecule has 9 rings (SSSR count). The first-order valence-electron chi connectivity index (χ1n) is 29.1. The second-order valence-corrected chi connectivity index (χ2v) is 24.4. The molecule has 87 heavy (non-hydrogen) atoms. The molecule has 0 fully saturated rings. The summed E-state index contributed by atoms with van der Waals surface area (Å²) in [7, 11) is 3.05. The quantitative estimate of drug-likeness (QED) is 0.0356. The Balaban J connectivity index is 0.753. The number of ether oxygens (including phenoxy) is 4. The zero-order valence-corrected chi connectivity index (χ0v) is 50.4. The number of carbonyl (C=O) groups is 8. The van der Waals surface area contributed by atoms with Crippen LogP contribution in [0, 0.1) is 16.7 Å². The van der Waals surface area contributed by atoms with Crippen molar-refractivity contribution >= 4 is 88.0 Å². The second kappa shape index (κ2) is 26.1. The minimum absolute atomic E-state index is 0.158. The van der Waals surface area contributed by atoms with Crippen LogP contribution in [-0.2, 0) is 24.0 Å². The normalized spacial score (nSPS) is 17.6. The highest BCUT2D eigenvalue weighted by Crippen LogP contribution is 2.44. The number of imide groups is 1. The third-order valence-corrected chi connectivity index (χ3v) is 15.9. The molecule has 1 unspecified atom stereocenters. The summed E-state index contributed by atoms with van der Waals surface area (Å²) < 4.78 is 24.5. The van der Waals surface area contributed by atoms with Crippen LogP contribution in [0.3, 0.4) is 0 Å². The van der Waals surface area contributed by atoms with Gasteiger partial charge in [-0.2, -0.15) is 0 Å². The summed E-state index contributed by atoms with van der Waals surface area (Å²) in [5.41, 5.74) is 5.00. The Hall–Kier alpha value is -9.40. The topological polar surface area (TPSA) is 264 Å². The van der Waals surface area contributed by atoms with Gasteiger partial charge in [-0.1, -0.05) is 72.2 Å². The highest BCUT2D eigenvalue weighted by molar-refractivity contribution is 6.13. The smallest absolute Gasteiger partial charge is 0.335 e. The average molecular weight is 1190 g/mol. The molecule has 0 aromatic heterocycles. The van der Waals surface area contributed by atoms with Crippen molar-refractivity contribution in [2.75, 3.05) is 39.3 Å². The van der Waals surface area contributed by atoms with Gasteiger partial charge >= 0.3 is 5.97 Å². The van der Waals surface area contributed by atoms with Gasteiger partial charge in [0, 0.05) is 80.6 Å². The Kier molecular flexibility index (Phi) is 18.6. The minimum Gasteiger partial charge on any atom is -0.493 e. The van der Waals surface area contributed by atoms with E-state index in [1.165, 1.54) is 26.4 Å². The summed E-state index contributed by atoms with van der Waals surface area (Å²) in [6.45, 7) is 14.4. The maximum atomic E-state index is 14.3. The molecule has 5 aliphatic rings. The molecule has 5 heterocycles. The summed E-state index contributed by atoms with van der Waals surface area (Å²) in [4.78, 5) is 117. The number of aliphatic imine (C=N–C) groups is 2. The van der Waals surface area contributed by atoms with Gasteiger partial charge in [-0.25, -0.2) is 4.79 Å². The first kappa shape index (κ1) is 62.1. The van der Waals surface area contributed by atoms with Crippen LogP contribution in [0.5, 0.6) is 23.0 Å². The monoisotopic (exact) mass is 1190 g/mol. The molecule has 0 bridgehead atoms. The van der Waals surface area contributed by atoms with E-state index in [-0.39, 0.29) is 76.9 Å². The summed E-state index contributed by atoms with van der Waals surface area (Å²) >= 11 is 0. The van der Waals surface area contributed by atoms with Crippen LogP contribution in [0.1, 0.15) is 136 Å². The van der Waals surface area contributed by atoms with Crippen LogP contribution in [0.2, 0.25) is 0 Å². The van der Waals surface area contributed by atoms with Crippen LogP contribution in [-0.4, -0.2) is 138 Å². The number of carbonyl (C=O) groups excluding carboxylic acids is 7. The standard InChI is InChI=1S/C66H74N8O13/c1-38(2)59(71-56(75)13-11-10-12-24-72-57(76)22-23-58(72)77)61(79)69-39(3)60(78)70-45-20-18-41(19-21-45)44-26-47-32-68-51-30-55(53(85-9)28-49(51)63(81)74(47)34-44)87-37-66(6,7)35-65(4,5)36-86-54-29-50-48(27-52(54)84-8)62(80)73-33-43(25-46(73)31-67-50)40-14-16-42(17-15-40)64(82)83/h14-23,27-34,38-39,46-47,59H,10-13,24-26,35-37H2,1-9H3,(H,69,79)(H,70,78)(H,71,75)(H,82,83)/t39-,46-,47-,59?/m0/s1. The van der Waals surface area contributed by atoms with Crippen LogP contribution in [0.15, 0.2) is 107 Å². The molecule has 4 atom stereocenters. The molecule has 456 valence electrons. The van der Waals surface area contributed by atoms with Gasteiger partial charge in [0.2, 0.25) is 17.7 Å². The van der Waals surface area contributed by atoms with E-state index in [1.807, 2.05) is 18.3 Å². The molecule has 0 spiro atoms. The number of methoxy groups -OCH3 is 2. The minimum atomic E-state index is -1.01. The number of hydrogen-bond acceptors (Lipinski definition) is 14. The highest BCUT2D eigenvalue weighted by atomic mass is 16.5. The lowest BCUT2D eigenvalue weighted by molar-refractivity contribution is -0.137. The van der Waals surface area contributed by atoms with E-state index in [0.29, 0.717) is 103 Å². The van der Waals surface area contributed by atoms with Crippen LogP contribution in [0.4, 0.5) is 17.1 Å². The number of unbranched alkanes of at least 4 members (excludes halogenated alkanes) is 2. The molecule has 0 saturated carbocycles. The van der Waals surface area contributed by atoms with Gasteiger partial charge < -0.3 is 49.8 Å². The molecule has 7 amide bonds. The number of carboxylic acid groups (broad SMARTS) is 1. The molecule has 4 N–H and O–H groups in total. The Morgan fingerprint density at radius 1 is 0.644 bits per heavy atom. The Labute approximate surface area is 505 Å². The molecule has 0 aliphatic carbocycles. The molecule has 0 radical (unpaired) electrons. The van der Waals surface area contributed by atoms with Gasteiger partial charge in [-0.3, -0.25) is 48.4 Å². The number of aromatic carboxylic acids is 1. The Morgan fingerprint density at radius 2 is 1.14 bits per heavy atom. The van der Waals surface area contributed by atoms with Crippen LogP contribution >= 0.6 is 0 Å². The maximum absolute atomic E-state index is 14.3. The van der Waals surface area contributed by atoms with Crippen molar-refractivity contribution in [3.05, 3.63) is 125 Å². The van der Waals surface area contributed by atoms with Gasteiger partial charge in [0.25, 0.3) is 23.6 Å². The number of anilines is 1. The van der Waals surface area contributed by atoms with Crippen LogP contribution < -0.4 is 34.9 Å². The zero-order valence-electron chi connectivity index (χ0n) is 50.4. The summed E-state index contributed by atoms with van der Waals surface area (Å²) in [5.74, 6) is -2.07. The van der Waals surface area contributed by atoms with E-state index in [0.717, 1.165) is 27.2 Å². The second-order valence-electron chi connectivity index (χ2n) is 24.4.